The second kappa shape index (κ2) is 4.69. The smallest absolute Gasteiger partial charge is 0.273 e. The average Bonchev–Trinajstić information content (AvgIpc) is 2.94. The number of benzene rings is 1. The number of nitrogen functional groups attached to an aromatic ring is 1. The van der Waals surface area contributed by atoms with Gasteiger partial charge in [0.1, 0.15) is 0 Å². The summed E-state index contributed by atoms with van der Waals surface area (Å²) in [5.74, 6) is 0. The van der Waals surface area contributed by atoms with Crippen LogP contribution in [-0.4, -0.2) is 18.4 Å². The number of rotatable bonds is 3. The molecule has 0 aliphatic rings. The molecule has 2 heterocycles. The Morgan fingerprint density at radius 2 is 2.15 bits per heavy atom. The van der Waals surface area contributed by atoms with E-state index in [2.05, 4.69) is 14.7 Å². The van der Waals surface area contributed by atoms with Crippen LogP contribution in [0.1, 0.15) is 5.69 Å². The lowest BCUT2D eigenvalue weighted by molar-refractivity contribution is 0.602. The fourth-order valence-corrected chi connectivity index (χ4v) is 4.84. The van der Waals surface area contributed by atoms with Gasteiger partial charge in [-0.1, -0.05) is 11.3 Å². The minimum Gasteiger partial charge on any atom is -0.375 e. The minimum atomic E-state index is -3.66. The molecule has 0 radical (unpaired) electrons. The van der Waals surface area contributed by atoms with Crippen molar-refractivity contribution in [1.82, 2.24) is 9.97 Å². The number of sulfonamides is 1. The first-order chi connectivity index (χ1) is 9.45. The van der Waals surface area contributed by atoms with Crippen LogP contribution in [0.3, 0.4) is 0 Å². The molecule has 0 bridgehead atoms. The number of nitrogens with two attached hydrogens (primary N) is 1. The zero-order valence-electron chi connectivity index (χ0n) is 10.3. The van der Waals surface area contributed by atoms with Crippen molar-refractivity contribution >= 4 is 53.7 Å². The van der Waals surface area contributed by atoms with Gasteiger partial charge in [0, 0.05) is 0 Å². The second-order valence-corrected chi connectivity index (χ2v) is 7.86. The Hall–Kier alpha value is -1.71. The molecule has 1 aromatic carbocycles. The quantitative estimate of drug-likeness (QED) is 0.770. The predicted molar refractivity (Wildman–Crippen MR) is 81.7 cm³/mol. The maximum Gasteiger partial charge on any atom is 0.273 e. The Morgan fingerprint density at radius 1 is 1.35 bits per heavy atom. The fourth-order valence-electron chi connectivity index (χ4n) is 1.77. The first kappa shape index (κ1) is 13.3. The molecule has 0 saturated heterocycles. The van der Waals surface area contributed by atoms with Gasteiger partial charge in [-0.2, -0.15) is 0 Å². The molecule has 20 heavy (non-hydrogen) atoms. The van der Waals surface area contributed by atoms with Gasteiger partial charge >= 0.3 is 0 Å². The lowest BCUT2D eigenvalue weighted by atomic mass is 10.3. The SMILES string of the molecule is Cc1nc(N)sc1S(=O)(=O)Nc1ccc2ncsc2c1. The van der Waals surface area contributed by atoms with E-state index in [1.54, 1.807) is 30.6 Å². The maximum atomic E-state index is 12.3. The molecule has 0 amide bonds. The summed E-state index contributed by atoms with van der Waals surface area (Å²) in [5.41, 5.74) is 9.00. The van der Waals surface area contributed by atoms with E-state index in [9.17, 15) is 8.42 Å². The van der Waals surface area contributed by atoms with Gasteiger partial charge in [0.25, 0.3) is 10.0 Å². The maximum absolute atomic E-state index is 12.3. The molecule has 3 rings (SSSR count). The molecular formula is C11H10N4O2S3. The predicted octanol–water partition coefficient (Wildman–Crippen LogP) is 2.44. The number of nitrogens with zero attached hydrogens (tertiary/aromatic N) is 2. The van der Waals surface area contributed by atoms with Crippen molar-refractivity contribution in [2.75, 3.05) is 10.5 Å². The summed E-state index contributed by atoms with van der Waals surface area (Å²) >= 11 is 2.41. The van der Waals surface area contributed by atoms with Crippen LogP contribution in [0, 0.1) is 6.92 Å². The van der Waals surface area contributed by atoms with E-state index in [1.165, 1.54) is 11.3 Å². The van der Waals surface area contributed by atoms with Crippen molar-refractivity contribution in [3.63, 3.8) is 0 Å². The molecule has 0 aliphatic heterocycles. The Balaban J connectivity index is 1.98. The zero-order chi connectivity index (χ0) is 14.3. The van der Waals surface area contributed by atoms with Crippen LogP contribution in [0.25, 0.3) is 10.2 Å². The average molecular weight is 326 g/mol. The molecule has 0 saturated carbocycles. The summed E-state index contributed by atoms with van der Waals surface area (Å²) in [6, 6.07) is 5.21. The third-order valence-corrected chi connectivity index (χ3v) is 6.37. The van der Waals surface area contributed by atoms with Crippen LogP contribution in [0.5, 0.6) is 0 Å². The van der Waals surface area contributed by atoms with Crippen molar-refractivity contribution < 1.29 is 8.42 Å². The van der Waals surface area contributed by atoms with Gasteiger partial charge in [-0.25, -0.2) is 18.4 Å². The Bertz CT molecular complexity index is 882. The van der Waals surface area contributed by atoms with E-state index in [1.807, 2.05) is 0 Å². The molecule has 2 aromatic heterocycles. The third kappa shape index (κ3) is 2.35. The highest BCUT2D eigenvalue weighted by Crippen LogP contribution is 2.28. The number of fused-ring (bicyclic) bond motifs is 1. The summed E-state index contributed by atoms with van der Waals surface area (Å²) in [4.78, 5) is 8.08. The van der Waals surface area contributed by atoms with Gasteiger partial charge in [0.05, 0.1) is 27.1 Å². The van der Waals surface area contributed by atoms with Crippen molar-refractivity contribution in [2.24, 2.45) is 0 Å². The van der Waals surface area contributed by atoms with Gasteiger partial charge in [0.15, 0.2) is 9.34 Å². The molecule has 9 heteroatoms. The highest BCUT2D eigenvalue weighted by atomic mass is 32.2. The molecule has 0 unspecified atom stereocenters. The molecule has 0 aliphatic carbocycles. The number of nitrogens with one attached hydrogen (secondary N) is 1. The standard InChI is InChI=1S/C11H10N4O2S3/c1-6-10(19-11(12)14-6)20(16,17)15-7-2-3-8-9(4-7)18-5-13-8/h2-5,15H,1H3,(H2,12,14). The zero-order valence-corrected chi connectivity index (χ0v) is 12.8. The van der Waals surface area contributed by atoms with Crippen LogP contribution in [0.2, 0.25) is 0 Å². The molecule has 104 valence electrons. The summed E-state index contributed by atoms with van der Waals surface area (Å²) < 4.78 is 28.2. The highest BCUT2D eigenvalue weighted by molar-refractivity contribution is 7.94. The summed E-state index contributed by atoms with van der Waals surface area (Å²) in [6.45, 7) is 1.62. The Kier molecular flexibility index (Phi) is 3.11. The van der Waals surface area contributed by atoms with Gasteiger partial charge < -0.3 is 5.73 Å². The number of thiazole rings is 2. The molecule has 3 aromatic rings. The van der Waals surface area contributed by atoms with Gasteiger partial charge in [-0.3, -0.25) is 4.72 Å². The largest absolute Gasteiger partial charge is 0.375 e. The van der Waals surface area contributed by atoms with E-state index in [0.29, 0.717) is 11.4 Å². The van der Waals surface area contributed by atoms with Crippen molar-refractivity contribution in [2.45, 2.75) is 11.1 Å². The van der Waals surface area contributed by atoms with E-state index >= 15 is 0 Å². The van der Waals surface area contributed by atoms with Crippen molar-refractivity contribution in [1.29, 1.82) is 0 Å². The summed E-state index contributed by atoms with van der Waals surface area (Å²) in [6.07, 6.45) is 0. The molecule has 6 nitrogen and oxygen atoms in total. The van der Waals surface area contributed by atoms with E-state index in [4.69, 9.17) is 5.73 Å². The number of aryl methyl sites for hydroxylation is 1. The Labute approximate surface area is 123 Å². The molecule has 3 N–H and O–H groups in total. The first-order valence-corrected chi connectivity index (χ1v) is 8.72. The topological polar surface area (TPSA) is 98.0 Å². The lowest BCUT2D eigenvalue weighted by Gasteiger charge is -2.06. The number of hydrogen-bond acceptors (Lipinski definition) is 7. The fraction of sp³-hybridized carbons (Fsp3) is 0.0909. The van der Waals surface area contributed by atoms with Crippen molar-refractivity contribution in [3.05, 3.63) is 29.4 Å². The molecule has 0 spiro atoms. The van der Waals surface area contributed by atoms with E-state index < -0.39 is 10.0 Å². The highest BCUT2D eigenvalue weighted by Gasteiger charge is 2.21. The minimum absolute atomic E-state index is 0.138. The van der Waals surface area contributed by atoms with E-state index in [-0.39, 0.29) is 9.34 Å². The van der Waals surface area contributed by atoms with Gasteiger partial charge in [-0.05, 0) is 25.1 Å². The molecule has 0 atom stereocenters. The van der Waals surface area contributed by atoms with Crippen LogP contribution >= 0.6 is 22.7 Å². The lowest BCUT2D eigenvalue weighted by Crippen LogP contribution is -2.12. The number of anilines is 2. The van der Waals surface area contributed by atoms with E-state index in [0.717, 1.165) is 21.6 Å². The van der Waals surface area contributed by atoms with Crippen molar-refractivity contribution in [3.8, 4) is 0 Å². The summed E-state index contributed by atoms with van der Waals surface area (Å²) in [7, 11) is -3.66. The van der Waals surface area contributed by atoms with Crippen LogP contribution in [0.4, 0.5) is 10.8 Å². The second-order valence-electron chi connectivity index (χ2n) is 4.07. The normalized spacial score (nSPS) is 11.8. The Morgan fingerprint density at radius 3 is 2.85 bits per heavy atom. The molecule has 0 fully saturated rings. The van der Waals surface area contributed by atoms with Crippen LogP contribution in [-0.2, 0) is 10.0 Å². The van der Waals surface area contributed by atoms with Crippen LogP contribution < -0.4 is 10.5 Å². The van der Waals surface area contributed by atoms with Gasteiger partial charge in [-0.15, -0.1) is 11.3 Å². The monoisotopic (exact) mass is 326 g/mol. The van der Waals surface area contributed by atoms with Gasteiger partial charge in [0.2, 0.25) is 0 Å². The number of aromatic nitrogens is 2. The number of hydrogen-bond donors (Lipinski definition) is 2. The van der Waals surface area contributed by atoms with Crippen LogP contribution in [0.15, 0.2) is 27.9 Å². The third-order valence-electron chi connectivity index (χ3n) is 2.60. The first-order valence-electron chi connectivity index (χ1n) is 5.55. The summed E-state index contributed by atoms with van der Waals surface area (Å²) in [5, 5.41) is 0.237. The molecular weight excluding hydrogens is 316 g/mol.